The Morgan fingerprint density at radius 1 is 0.962 bits per heavy atom. The molecule has 1 heterocycles. The van der Waals surface area contributed by atoms with Crippen LogP contribution in [0.3, 0.4) is 0 Å². The molecule has 1 fully saturated rings. The Morgan fingerprint density at radius 2 is 1.50 bits per heavy atom. The second kappa shape index (κ2) is 11.8. The Morgan fingerprint density at radius 3 is 2.04 bits per heavy atom. The van der Waals surface area contributed by atoms with Gasteiger partial charge in [0.2, 0.25) is 0 Å². The van der Waals surface area contributed by atoms with E-state index in [2.05, 4.69) is 6.92 Å². The Hall–Kier alpha value is -0.770. The third kappa shape index (κ3) is 7.09. The lowest BCUT2D eigenvalue weighted by atomic mass is 9.98. The van der Waals surface area contributed by atoms with Gasteiger partial charge in [-0.05, 0) is 6.42 Å². The SMILES string of the molecule is CCCCCCCCCCCC(=O)O[C@@]1(O)O[C@H](CO)[C@@H](O)[C@H](O)[C@H]1O. The highest BCUT2D eigenvalue weighted by Crippen LogP contribution is 2.29. The first-order valence-corrected chi connectivity index (χ1v) is 9.62. The number of esters is 1. The van der Waals surface area contributed by atoms with E-state index in [-0.39, 0.29) is 6.42 Å². The van der Waals surface area contributed by atoms with E-state index >= 15 is 0 Å². The second-order valence-corrected chi connectivity index (χ2v) is 6.95. The van der Waals surface area contributed by atoms with Crippen LogP contribution in [0.1, 0.15) is 71.1 Å². The second-order valence-electron chi connectivity index (χ2n) is 6.95. The summed E-state index contributed by atoms with van der Waals surface area (Å²) >= 11 is 0. The van der Waals surface area contributed by atoms with Crippen LogP contribution in [-0.4, -0.2) is 68.5 Å². The molecule has 8 nitrogen and oxygen atoms in total. The molecule has 1 aliphatic heterocycles. The molecule has 0 spiro atoms. The zero-order chi connectivity index (χ0) is 19.6. The van der Waals surface area contributed by atoms with Gasteiger partial charge < -0.3 is 35.0 Å². The van der Waals surface area contributed by atoms with Crippen molar-refractivity contribution in [3.63, 3.8) is 0 Å². The van der Waals surface area contributed by atoms with Gasteiger partial charge in [0.15, 0.2) is 6.10 Å². The van der Waals surface area contributed by atoms with Crippen molar-refractivity contribution in [2.45, 2.75) is 102 Å². The zero-order valence-electron chi connectivity index (χ0n) is 15.5. The summed E-state index contributed by atoms with van der Waals surface area (Å²) in [4.78, 5) is 11.9. The highest BCUT2D eigenvalue weighted by Gasteiger charge is 2.55. The van der Waals surface area contributed by atoms with Crippen LogP contribution in [0, 0.1) is 0 Å². The van der Waals surface area contributed by atoms with E-state index in [1.807, 2.05) is 0 Å². The molecule has 5 atom stereocenters. The van der Waals surface area contributed by atoms with E-state index in [0.717, 1.165) is 19.3 Å². The summed E-state index contributed by atoms with van der Waals surface area (Å²) < 4.78 is 9.66. The summed E-state index contributed by atoms with van der Waals surface area (Å²) in [7, 11) is 0. The third-order valence-corrected chi connectivity index (χ3v) is 4.67. The van der Waals surface area contributed by atoms with Crippen molar-refractivity contribution < 1.29 is 39.8 Å². The van der Waals surface area contributed by atoms with Gasteiger partial charge in [-0.3, -0.25) is 4.79 Å². The van der Waals surface area contributed by atoms with E-state index in [1.54, 1.807) is 0 Å². The largest absolute Gasteiger partial charge is 0.406 e. The van der Waals surface area contributed by atoms with Gasteiger partial charge in [-0.25, -0.2) is 0 Å². The molecule has 154 valence electrons. The Labute approximate surface area is 154 Å². The van der Waals surface area contributed by atoms with Crippen molar-refractivity contribution in [2.24, 2.45) is 0 Å². The maximum atomic E-state index is 11.9. The van der Waals surface area contributed by atoms with E-state index in [1.165, 1.54) is 32.1 Å². The highest BCUT2D eigenvalue weighted by molar-refractivity contribution is 5.69. The number of hydrogen-bond acceptors (Lipinski definition) is 8. The predicted molar refractivity (Wildman–Crippen MR) is 92.9 cm³/mol. The van der Waals surface area contributed by atoms with Crippen LogP contribution in [0.15, 0.2) is 0 Å². The Balaban J connectivity index is 2.27. The fourth-order valence-corrected chi connectivity index (χ4v) is 3.00. The minimum atomic E-state index is -2.79. The fourth-order valence-electron chi connectivity index (χ4n) is 3.00. The summed E-state index contributed by atoms with van der Waals surface area (Å²) in [5, 5.41) is 48.4. The molecule has 0 aromatic heterocycles. The van der Waals surface area contributed by atoms with Crippen LogP contribution in [0.5, 0.6) is 0 Å². The van der Waals surface area contributed by atoms with Crippen LogP contribution >= 0.6 is 0 Å². The normalized spacial score (nSPS) is 31.8. The smallest absolute Gasteiger partial charge is 0.357 e. The Bertz CT molecular complexity index is 403. The zero-order valence-corrected chi connectivity index (χ0v) is 15.5. The Kier molecular flexibility index (Phi) is 10.6. The van der Waals surface area contributed by atoms with Crippen molar-refractivity contribution in [3.8, 4) is 0 Å². The van der Waals surface area contributed by atoms with Gasteiger partial charge in [0.05, 0.1) is 6.61 Å². The maximum absolute atomic E-state index is 11.9. The number of aliphatic hydroxyl groups is 5. The molecular formula is C18H34O8. The topological polar surface area (TPSA) is 137 Å². The lowest BCUT2D eigenvalue weighted by Crippen LogP contribution is -2.66. The molecule has 26 heavy (non-hydrogen) atoms. The third-order valence-electron chi connectivity index (χ3n) is 4.67. The van der Waals surface area contributed by atoms with Crippen LogP contribution in [0.2, 0.25) is 0 Å². The molecule has 8 heteroatoms. The van der Waals surface area contributed by atoms with Crippen LogP contribution in [-0.2, 0) is 14.3 Å². The van der Waals surface area contributed by atoms with E-state index in [4.69, 9.17) is 14.6 Å². The van der Waals surface area contributed by atoms with Crippen molar-refractivity contribution in [1.82, 2.24) is 0 Å². The molecular weight excluding hydrogens is 344 g/mol. The number of hydrogen-bond donors (Lipinski definition) is 5. The van der Waals surface area contributed by atoms with Crippen LogP contribution in [0.4, 0.5) is 0 Å². The summed E-state index contributed by atoms with van der Waals surface area (Å²) in [6.45, 7) is 1.46. The van der Waals surface area contributed by atoms with Crippen molar-refractivity contribution in [3.05, 3.63) is 0 Å². The fraction of sp³-hybridized carbons (Fsp3) is 0.944. The monoisotopic (exact) mass is 378 g/mol. The first kappa shape index (κ1) is 23.3. The standard InChI is InChI=1S/C18H34O8/c1-2-3-4-5-6-7-8-9-10-11-14(20)26-18(24)17(23)16(22)15(21)13(12-19)25-18/h13,15-17,19,21-24H,2-12H2,1H3/t13-,15-,16+,17-,18+/m1/s1. The molecule has 0 aromatic carbocycles. The van der Waals surface area contributed by atoms with Crippen LogP contribution in [0.25, 0.3) is 0 Å². The summed E-state index contributed by atoms with van der Waals surface area (Å²) in [5.74, 6) is -3.57. The number of rotatable bonds is 12. The first-order valence-electron chi connectivity index (χ1n) is 9.62. The molecule has 5 N–H and O–H groups in total. The maximum Gasteiger partial charge on any atom is 0.357 e. The minimum Gasteiger partial charge on any atom is -0.406 e. The molecule has 0 bridgehead atoms. The molecule has 1 aliphatic rings. The molecule has 0 aliphatic carbocycles. The average molecular weight is 378 g/mol. The molecule has 0 unspecified atom stereocenters. The number of carbonyl (C=O) groups excluding carboxylic acids is 1. The van der Waals surface area contributed by atoms with Gasteiger partial charge in [0.1, 0.15) is 18.3 Å². The van der Waals surface area contributed by atoms with E-state index in [0.29, 0.717) is 6.42 Å². The molecule has 0 radical (unpaired) electrons. The molecule has 1 saturated heterocycles. The van der Waals surface area contributed by atoms with Gasteiger partial charge in [0, 0.05) is 6.42 Å². The molecule has 0 amide bonds. The summed E-state index contributed by atoms with van der Waals surface area (Å²) in [5.41, 5.74) is 0. The lowest BCUT2D eigenvalue weighted by molar-refractivity contribution is -0.434. The number of ether oxygens (including phenoxy) is 2. The van der Waals surface area contributed by atoms with Gasteiger partial charge >= 0.3 is 11.9 Å². The first-order chi connectivity index (χ1) is 12.4. The van der Waals surface area contributed by atoms with Gasteiger partial charge in [-0.1, -0.05) is 58.3 Å². The van der Waals surface area contributed by atoms with Crippen molar-refractivity contribution in [2.75, 3.05) is 6.61 Å². The van der Waals surface area contributed by atoms with Crippen LogP contribution < -0.4 is 0 Å². The molecule has 1 rings (SSSR count). The quantitative estimate of drug-likeness (QED) is 0.189. The van der Waals surface area contributed by atoms with E-state index < -0.39 is 43.0 Å². The lowest BCUT2D eigenvalue weighted by Gasteiger charge is -2.43. The minimum absolute atomic E-state index is 0.0384. The average Bonchev–Trinajstić information content (AvgIpc) is 2.62. The number of unbranched alkanes of at least 4 members (excludes halogenated alkanes) is 8. The predicted octanol–water partition coefficient (Wildman–Crippen LogP) is 0.570. The number of aliphatic hydroxyl groups excluding tert-OH is 4. The van der Waals surface area contributed by atoms with Gasteiger partial charge in [0.25, 0.3) is 0 Å². The molecule has 0 aromatic rings. The van der Waals surface area contributed by atoms with Gasteiger partial charge in [-0.15, -0.1) is 0 Å². The van der Waals surface area contributed by atoms with Crippen molar-refractivity contribution >= 4 is 5.97 Å². The van der Waals surface area contributed by atoms with Gasteiger partial charge in [-0.2, -0.15) is 0 Å². The molecule has 0 saturated carbocycles. The summed E-state index contributed by atoms with van der Waals surface area (Å²) in [6.07, 6.45) is 2.95. The van der Waals surface area contributed by atoms with E-state index in [9.17, 15) is 25.2 Å². The number of carbonyl (C=O) groups is 1. The van der Waals surface area contributed by atoms with Crippen molar-refractivity contribution in [1.29, 1.82) is 0 Å². The highest BCUT2D eigenvalue weighted by atomic mass is 16.8. The summed E-state index contributed by atoms with van der Waals surface area (Å²) in [6, 6.07) is 0.